The number of carboxylic acids is 2. The summed E-state index contributed by atoms with van der Waals surface area (Å²) < 4.78 is 22.2. The first-order valence-electron chi connectivity index (χ1n) is 5.96. The van der Waals surface area contributed by atoms with Gasteiger partial charge in [0.25, 0.3) is 0 Å². The van der Waals surface area contributed by atoms with Crippen LogP contribution in [0, 0.1) is 0 Å². The summed E-state index contributed by atoms with van der Waals surface area (Å²) in [5, 5.41) is 22.4. The van der Waals surface area contributed by atoms with Crippen molar-refractivity contribution in [2.24, 2.45) is 5.14 Å². The van der Waals surface area contributed by atoms with E-state index in [2.05, 4.69) is 0 Å². The molecule has 0 heterocycles. The highest BCUT2D eigenvalue weighted by Crippen LogP contribution is 2.09. The van der Waals surface area contributed by atoms with Crippen LogP contribution in [0.4, 0.5) is 0 Å². The maximum absolute atomic E-state index is 11.1. The van der Waals surface area contributed by atoms with Gasteiger partial charge in [-0.15, -0.1) is 0 Å². The van der Waals surface area contributed by atoms with E-state index in [-0.39, 0.29) is 24.5 Å². The number of primary sulfonamides is 1. The van der Waals surface area contributed by atoms with E-state index in [4.69, 9.17) is 15.4 Å². The Morgan fingerprint density at radius 1 is 1.05 bits per heavy atom. The molecule has 1 aromatic carbocycles. The molecule has 1 aromatic rings. The van der Waals surface area contributed by atoms with Crippen LogP contribution in [-0.2, 0) is 26.0 Å². The van der Waals surface area contributed by atoms with Crippen molar-refractivity contribution in [2.45, 2.75) is 11.3 Å². The predicted molar refractivity (Wildman–Crippen MR) is 73.2 cm³/mol. The van der Waals surface area contributed by atoms with Gasteiger partial charge in [0.1, 0.15) is 0 Å². The van der Waals surface area contributed by atoms with E-state index >= 15 is 0 Å². The third-order valence-electron chi connectivity index (χ3n) is 2.69. The van der Waals surface area contributed by atoms with E-state index < -0.39 is 22.0 Å². The van der Waals surface area contributed by atoms with Gasteiger partial charge in [-0.1, -0.05) is 12.1 Å². The monoisotopic (exact) mass is 316 g/mol. The van der Waals surface area contributed by atoms with E-state index in [9.17, 15) is 18.0 Å². The van der Waals surface area contributed by atoms with Crippen LogP contribution in [0.2, 0.25) is 0 Å². The highest BCUT2D eigenvalue weighted by molar-refractivity contribution is 7.89. The number of hydrogen-bond donors (Lipinski definition) is 3. The maximum Gasteiger partial charge on any atom is 0.317 e. The summed E-state index contributed by atoms with van der Waals surface area (Å²) in [7, 11) is -3.75. The molecule has 8 nitrogen and oxygen atoms in total. The molecule has 0 aliphatic heterocycles. The van der Waals surface area contributed by atoms with Crippen LogP contribution in [-0.4, -0.2) is 55.1 Å². The number of sulfonamides is 1. The van der Waals surface area contributed by atoms with Gasteiger partial charge >= 0.3 is 11.9 Å². The Balaban J connectivity index is 2.67. The number of aliphatic carboxylic acids is 2. The summed E-state index contributed by atoms with van der Waals surface area (Å²) in [5.41, 5.74) is 0.753. The molecule has 0 unspecified atom stereocenters. The number of carbonyl (C=O) groups is 2. The van der Waals surface area contributed by atoms with Crippen molar-refractivity contribution in [1.29, 1.82) is 0 Å². The second-order valence-electron chi connectivity index (χ2n) is 4.44. The van der Waals surface area contributed by atoms with Crippen LogP contribution in [0.25, 0.3) is 0 Å². The molecule has 9 heteroatoms. The molecule has 0 amide bonds. The van der Waals surface area contributed by atoms with Crippen LogP contribution < -0.4 is 5.14 Å². The Kier molecular flexibility index (Phi) is 5.82. The lowest BCUT2D eigenvalue weighted by atomic mass is 10.1. The lowest BCUT2D eigenvalue weighted by Gasteiger charge is -2.17. The standard InChI is InChI=1S/C12H16N2O6S/c13-21(19,20)10-3-1-9(2-4-10)5-6-14(7-11(15)16)8-12(17)18/h1-4H,5-8H2,(H,15,16)(H,17,18)(H2,13,19,20). The van der Waals surface area contributed by atoms with Gasteiger partial charge in [-0.3, -0.25) is 14.5 Å². The normalized spacial score (nSPS) is 11.5. The minimum Gasteiger partial charge on any atom is -0.480 e. The van der Waals surface area contributed by atoms with E-state index in [1.165, 1.54) is 17.0 Å². The largest absolute Gasteiger partial charge is 0.480 e. The molecular weight excluding hydrogens is 300 g/mol. The molecule has 0 aromatic heterocycles. The van der Waals surface area contributed by atoms with Crippen molar-refractivity contribution in [1.82, 2.24) is 4.90 Å². The Morgan fingerprint density at radius 2 is 1.52 bits per heavy atom. The average Bonchev–Trinajstić information content (AvgIpc) is 2.34. The lowest BCUT2D eigenvalue weighted by molar-refractivity contribution is -0.141. The number of nitrogens with two attached hydrogens (primary N) is 1. The fourth-order valence-corrected chi connectivity index (χ4v) is 2.25. The number of benzene rings is 1. The minimum absolute atomic E-state index is 0.0146. The summed E-state index contributed by atoms with van der Waals surface area (Å²) in [4.78, 5) is 22.5. The van der Waals surface area contributed by atoms with Crippen LogP contribution in [0.5, 0.6) is 0 Å². The molecule has 4 N–H and O–H groups in total. The maximum atomic E-state index is 11.1. The fourth-order valence-electron chi connectivity index (χ4n) is 1.73. The van der Waals surface area contributed by atoms with Crippen molar-refractivity contribution >= 4 is 22.0 Å². The zero-order valence-electron chi connectivity index (χ0n) is 11.1. The van der Waals surface area contributed by atoms with Gasteiger partial charge < -0.3 is 10.2 Å². The number of hydrogen-bond acceptors (Lipinski definition) is 5. The number of carboxylic acid groups (broad SMARTS) is 2. The third-order valence-corrected chi connectivity index (χ3v) is 3.62. The van der Waals surface area contributed by atoms with E-state index in [1.807, 2.05) is 0 Å². The van der Waals surface area contributed by atoms with Crippen molar-refractivity contribution < 1.29 is 28.2 Å². The predicted octanol–water partition coefficient (Wildman–Crippen LogP) is -0.652. The summed E-state index contributed by atoms with van der Waals surface area (Å²) in [6, 6.07) is 5.81. The SMILES string of the molecule is NS(=O)(=O)c1ccc(CCN(CC(=O)O)CC(=O)O)cc1. The van der Waals surface area contributed by atoms with Gasteiger partial charge in [0.05, 0.1) is 18.0 Å². The Hall–Kier alpha value is -1.97. The quantitative estimate of drug-likeness (QED) is 0.579. The Morgan fingerprint density at radius 3 is 1.90 bits per heavy atom. The highest BCUT2D eigenvalue weighted by Gasteiger charge is 2.13. The first kappa shape index (κ1) is 17.1. The zero-order chi connectivity index (χ0) is 16.0. The topological polar surface area (TPSA) is 138 Å². The molecule has 0 fully saturated rings. The van der Waals surface area contributed by atoms with Crippen LogP contribution in [0.15, 0.2) is 29.2 Å². The molecule has 0 aliphatic rings. The summed E-state index contributed by atoms with van der Waals surface area (Å²) in [5.74, 6) is -2.22. The van der Waals surface area contributed by atoms with E-state index in [0.717, 1.165) is 5.56 Å². The molecule has 116 valence electrons. The van der Waals surface area contributed by atoms with E-state index in [1.54, 1.807) is 12.1 Å². The van der Waals surface area contributed by atoms with Crippen LogP contribution in [0.1, 0.15) is 5.56 Å². The molecule has 0 saturated heterocycles. The Labute approximate surface area is 121 Å². The summed E-state index contributed by atoms with van der Waals surface area (Å²) in [6.45, 7) is -0.517. The highest BCUT2D eigenvalue weighted by atomic mass is 32.2. The molecule has 0 atom stereocenters. The van der Waals surface area contributed by atoms with Gasteiger partial charge in [0, 0.05) is 6.54 Å². The van der Waals surface area contributed by atoms with Gasteiger partial charge in [-0.2, -0.15) is 0 Å². The second kappa shape index (κ2) is 7.16. The van der Waals surface area contributed by atoms with Gasteiger partial charge in [0.2, 0.25) is 10.0 Å². The van der Waals surface area contributed by atoms with Gasteiger partial charge in [0.15, 0.2) is 0 Å². The molecular formula is C12H16N2O6S. The summed E-state index contributed by atoms with van der Waals surface area (Å²) >= 11 is 0. The smallest absolute Gasteiger partial charge is 0.317 e. The van der Waals surface area contributed by atoms with Crippen molar-refractivity contribution in [3.63, 3.8) is 0 Å². The van der Waals surface area contributed by atoms with Crippen molar-refractivity contribution in [3.8, 4) is 0 Å². The van der Waals surface area contributed by atoms with Gasteiger partial charge in [-0.25, -0.2) is 13.6 Å². The molecule has 1 rings (SSSR count). The Bertz CT molecular complexity index is 595. The molecule has 0 bridgehead atoms. The first-order chi connectivity index (χ1) is 9.68. The lowest BCUT2D eigenvalue weighted by Crippen LogP contribution is -2.35. The molecule has 0 aliphatic carbocycles. The number of nitrogens with zero attached hydrogens (tertiary/aromatic N) is 1. The zero-order valence-corrected chi connectivity index (χ0v) is 11.9. The van der Waals surface area contributed by atoms with Crippen molar-refractivity contribution in [2.75, 3.05) is 19.6 Å². The second-order valence-corrected chi connectivity index (χ2v) is 6.00. The van der Waals surface area contributed by atoms with Gasteiger partial charge in [-0.05, 0) is 24.1 Å². The molecule has 0 spiro atoms. The number of rotatable bonds is 8. The molecule has 21 heavy (non-hydrogen) atoms. The van der Waals surface area contributed by atoms with Crippen LogP contribution >= 0.6 is 0 Å². The minimum atomic E-state index is -3.75. The van der Waals surface area contributed by atoms with E-state index in [0.29, 0.717) is 6.42 Å². The first-order valence-corrected chi connectivity index (χ1v) is 7.51. The van der Waals surface area contributed by atoms with Crippen LogP contribution in [0.3, 0.4) is 0 Å². The summed E-state index contributed by atoms with van der Waals surface area (Å²) in [6.07, 6.45) is 0.394. The third kappa shape index (κ3) is 6.34. The fraction of sp³-hybridized carbons (Fsp3) is 0.333. The average molecular weight is 316 g/mol. The van der Waals surface area contributed by atoms with Crippen molar-refractivity contribution in [3.05, 3.63) is 29.8 Å². The molecule has 0 radical (unpaired) electrons. The molecule has 0 saturated carbocycles.